The Morgan fingerprint density at radius 2 is 1.95 bits per heavy atom. The number of ether oxygens (including phenoxy) is 1. The normalized spacial score (nSPS) is 14.3. The molecule has 0 heterocycles. The van der Waals surface area contributed by atoms with Crippen LogP contribution in [0.25, 0.3) is 0 Å². The minimum atomic E-state index is -0.443. The van der Waals surface area contributed by atoms with Crippen LogP contribution in [0.4, 0.5) is 4.39 Å². The van der Waals surface area contributed by atoms with Crippen LogP contribution in [0.1, 0.15) is 18.4 Å². The fourth-order valence-corrected chi connectivity index (χ4v) is 2.12. The summed E-state index contributed by atoms with van der Waals surface area (Å²) in [5, 5.41) is 3.52. The molecule has 2 aromatic carbocycles. The van der Waals surface area contributed by atoms with E-state index in [0.29, 0.717) is 11.8 Å². The van der Waals surface area contributed by atoms with Gasteiger partial charge >= 0.3 is 0 Å². The Kier molecular flexibility index (Phi) is 3.90. The quantitative estimate of drug-likeness (QED) is 0.874. The first kappa shape index (κ1) is 13.4. The van der Waals surface area contributed by atoms with Gasteiger partial charge in [0, 0.05) is 18.7 Å². The zero-order chi connectivity index (χ0) is 13.9. The van der Waals surface area contributed by atoms with Crippen LogP contribution in [0, 0.1) is 5.82 Å². The molecule has 0 unspecified atom stereocenters. The second-order valence-electron chi connectivity index (χ2n) is 4.98. The highest BCUT2D eigenvalue weighted by molar-refractivity contribution is 6.30. The lowest BCUT2D eigenvalue weighted by molar-refractivity contribution is 0.479. The first-order chi connectivity index (χ1) is 9.70. The maximum Gasteiger partial charge on any atom is 0.142 e. The molecule has 0 bridgehead atoms. The molecule has 3 rings (SSSR count). The zero-order valence-corrected chi connectivity index (χ0v) is 11.7. The van der Waals surface area contributed by atoms with Crippen molar-refractivity contribution in [1.82, 2.24) is 5.32 Å². The molecule has 2 aromatic rings. The highest BCUT2D eigenvalue weighted by Gasteiger charge is 2.19. The molecular weight excluding hydrogens is 277 g/mol. The number of benzene rings is 2. The van der Waals surface area contributed by atoms with Gasteiger partial charge in [-0.05, 0) is 42.7 Å². The lowest BCUT2D eigenvalue weighted by atomic mass is 10.2. The van der Waals surface area contributed by atoms with Crippen LogP contribution in [0.2, 0.25) is 5.02 Å². The predicted octanol–water partition coefficient (Wildman–Crippen LogP) is 4.52. The first-order valence-corrected chi connectivity index (χ1v) is 7.04. The number of halogens is 2. The third-order valence-electron chi connectivity index (χ3n) is 3.20. The SMILES string of the molecule is Fc1ccc(Oc2cccc(CNC3CC3)c2)cc1Cl. The lowest BCUT2D eigenvalue weighted by Gasteiger charge is -2.09. The van der Waals surface area contributed by atoms with Crippen molar-refractivity contribution < 1.29 is 9.13 Å². The van der Waals surface area contributed by atoms with Crippen LogP contribution < -0.4 is 10.1 Å². The van der Waals surface area contributed by atoms with Crippen molar-refractivity contribution in [2.24, 2.45) is 0 Å². The van der Waals surface area contributed by atoms with Crippen molar-refractivity contribution >= 4 is 11.6 Å². The fourth-order valence-electron chi connectivity index (χ4n) is 1.95. The topological polar surface area (TPSA) is 21.3 Å². The van der Waals surface area contributed by atoms with E-state index < -0.39 is 5.82 Å². The summed E-state index contributed by atoms with van der Waals surface area (Å²) in [7, 11) is 0. The number of nitrogens with one attached hydrogen (secondary N) is 1. The predicted molar refractivity (Wildman–Crippen MR) is 77.8 cm³/mol. The third-order valence-corrected chi connectivity index (χ3v) is 3.49. The number of rotatable bonds is 5. The van der Waals surface area contributed by atoms with Crippen molar-refractivity contribution in [3.63, 3.8) is 0 Å². The molecule has 2 nitrogen and oxygen atoms in total. The van der Waals surface area contributed by atoms with E-state index in [1.165, 1.54) is 30.5 Å². The zero-order valence-electron chi connectivity index (χ0n) is 10.9. The van der Waals surface area contributed by atoms with Gasteiger partial charge in [0.25, 0.3) is 0 Å². The molecule has 1 fully saturated rings. The van der Waals surface area contributed by atoms with E-state index in [1.807, 2.05) is 18.2 Å². The Bertz CT molecular complexity index is 613. The Morgan fingerprint density at radius 3 is 2.70 bits per heavy atom. The molecule has 0 aromatic heterocycles. The standard InChI is InChI=1S/C16H15ClFNO/c17-15-9-14(6-7-16(15)18)20-13-3-1-2-11(8-13)10-19-12-4-5-12/h1-3,6-9,12,19H,4-5,10H2. The summed E-state index contributed by atoms with van der Waals surface area (Å²) in [5.74, 6) is 0.813. The molecule has 0 amide bonds. The minimum absolute atomic E-state index is 0.0639. The largest absolute Gasteiger partial charge is 0.457 e. The van der Waals surface area contributed by atoms with Gasteiger partial charge in [-0.3, -0.25) is 0 Å². The third kappa shape index (κ3) is 3.50. The molecule has 0 radical (unpaired) electrons. The summed E-state index contributed by atoms with van der Waals surface area (Å²) in [6.07, 6.45) is 2.54. The summed E-state index contributed by atoms with van der Waals surface area (Å²) < 4.78 is 18.8. The summed E-state index contributed by atoms with van der Waals surface area (Å²) in [4.78, 5) is 0. The van der Waals surface area contributed by atoms with E-state index in [-0.39, 0.29) is 5.02 Å². The van der Waals surface area contributed by atoms with Crippen LogP contribution in [0.15, 0.2) is 42.5 Å². The van der Waals surface area contributed by atoms with Crippen LogP contribution in [-0.2, 0) is 6.54 Å². The molecule has 104 valence electrons. The lowest BCUT2D eigenvalue weighted by Crippen LogP contribution is -2.15. The summed E-state index contributed by atoms with van der Waals surface area (Å²) in [6, 6.07) is 12.9. The highest BCUT2D eigenvalue weighted by atomic mass is 35.5. The Hall–Kier alpha value is -1.58. The maximum atomic E-state index is 13.1. The number of hydrogen-bond donors (Lipinski definition) is 1. The Morgan fingerprint density at radius 1 is 1.15 bits per heavy atom. The van der Waals surface area contributed by atoms with Crippen molar-refractivity contribution in [1.29, 1.82) is 0 Å². The van der Waals surface area contributed by atoms with E-state index in [0.717, 1.165) is 12.3 Å². The van der Waals surface area contributed by atoms with Crippen LogP contribution in [0.3, 0.4) is 0 Å². The maximum absolute atomic E-state index is 13.1. The van der Waals surface area contributed by atoms with Crippen LogP contribution in [-0.4, -0.2) is 6.04 Å². The van der Waals surface area contributed by atoms with E-state index in [4.69, 9.17) is 16.3 Å². The van der Waals surface area contributed by atoms with E-state index in [9.17, 15) is 4.39 Å². The van der Waals surface area contributed by atoms with E-state index >= 15 is 0 Å². The highest BCUT2D eigenvalue weighted by Crippen LogP contribution is 2.27. The first-order valence-electron chi connectivity index (χ1n) is 6.66. The van der Waals surface area contributed by atoms with Gasteiger partial charge in [0.05, 0.1) is 5.02 Å². The molecule has 1 saturated carbocycles. The smallest absolute Gasteiger partial charge is 0.142 e. The second kappa shape index (κ2) is 5.81. The van der Waals surface area contributed by atoms with Crippen LogP contribution in [0.5, 0.6) is 11.5 Å². The van der Waals surface area contributed by atoms with Gasteiger partial charge in [-0.15, -0.1) is 0 Å². The molecule has 0 spiro atoms. The van der Waals surface area contributed by atoms with Gasteiger partial charge in [-0.2, -0.15) is 0 Å². The number of hydrogen-bond acceptors (Lipinski definition) is 2. The second-order valence-corrected chi connectivity index (χ2v) is 5.39. The summed E-state index contributed by atoms with van der Waals surface area (Å²) >= 11 is 5.74. The van der Waals surface area contributed by atoms with Crippen molar-refractivity contribution in [2.75, 3.05) is 0 Å². The van der Waals surface area contributed by atoms with Gasteiger partial charge in [-0.1, -0.05) is 23.7 Å². The Balaban J connectivity index is 1.69. The van der Waals surface area contributed by atoms with Crippen molar-refractivity contribution in [3.8, 4) is 11.5 Å². The molecule has 0 aliphatic heterocycles. The van der Waals surface area contributed by atoms with Gasteiger partial charge in [-0.25, -0.2) is 4.39 Å². The molecule has 0 atom stereocenters. The Labute approximate surface area is 122 Å². The molecule has 0 saturated heterocycles. The minimum Gasteiger partial charge on any atom is -0.457 e. The molecule has 20 heavy (non-hydrogen) atoms. The fraction of sp³-hybridized carbons (Fsp3) is 0.250. The molecule has 1 aliphatic carbocycles. The van der Waals surface area contributed by atoms with Gasteiger partial charge in [0.2, 0.25) is 0 Å². The van der Waals surface area contributed by atoms with Crippen LogP contribution >= 0.6 is 11.6 Å². The molecular formula is C16H15ClFNO. The summed E-state index contributed by atoms with van der Waals surface area (Å²) in [6.45, 7) is 0.839. The van der Waals surface area contributed by atoms with Gasteiger partial charge in [0.15, 0.2) is 0 Å². The van der Waals surface area contributed by atoms with Gasteiger partial charge < -0.3 is 10.1 Å². The monoisotopic (exact) mass is 291 g/mol. The molecule has 1 aliphatic rings. The average Bonchev–Trinajstić information content (AvgIpc) is 3.25. The average molecular weight is 292 g/mol. The molecule has 1 N–H and O–H groups in total. The molecule has 4 heteroatoms. The van der Waals surface area contributed by atoms with Crippen molar-refractivity contribution in [3.05, 3.63) is 58.9 Å². The van der Waals surface area contributed by atoms with E-state index in [1.54, 1.807) is 6.07 Å². The van der Waals surface area contributed by atoms with Gasteiger partial charge in [0.1, 0.15) is 17.3 Å². The van der Waals surface area contributed by atoms with Crippen molar-refractivity contribution in [2.45, 2.75) is 25.4 Å². The summed E-state index contributed by atoms with van der Waals surface area (Å²) in [5.41, 5.74) is 1.17. The van der Waals surface area contributed by atoms with E-state index in [2.05, 4.69) is 11.4 Å².